The third-order valence-electron chi connectivity index (χ3n) is 3.81. The average molecular weight is 313 g/mol. The molecule has 0 bridgehead atoms. The van der Waals surface area contributed by atoms with Crippen molar-refractivity contribution >= 4 is 24.2 Å². The molecule has 2 amide bonds. The summed E-state index contributed by atoms with van der Waals surface area (Å²) in [6, 6.07) is 3.20. The molecule has 21 heavy (non-hydrogen) atoms. The molecule has 1 unspecified atom stereocenters. The number of carbonyl (C=O) groups excluding carboxylic acids is 2. The number of nitrogens with one attached hydrogen (secondary N) is 1. The number of halogens is 1. The van der Waals surface area contributed by atoms with Gasteiger partial charge in [0.25, 0.3) is 11.8 Å². The van der Waals surface area contributed by atoms with Gasteiger partial charge in [0.1, 0.15) is 5.69 Å². The van der Waals surface area contributed by atoms with Gasteiger partial charge in [0.2, 0.25) is 0 Å². The maximum Gasteiger partial charge on any atom is 0.269 e. The molecule has 7 heteroatoms. The van der Waals surface area contributed by atoms with Crippen LogP contribution in [0.15, 0.2) is 18.3 Å². The Morgan fingerprint density at radius 3 is 2.67 bits per heavy atom. The highest BCUT2D eigenvalue weighted by Crippen LogP contribution is 2.29. The minimum absolute atomic E-state index is 0. The normalized spacial score (nSPS) is 20.8. The fourth-order valence-electron chi connectivity index (χ4n) is 2.33. The largest absolute Gasteiger partial charge is 0.354 e. The van der Waals surface area contributed by atoms with Crippen LogP contribution in [-0.2, 0) is 0 Å². The average Bonchev–Trinajstić information content (AvgIpc) is 2.89. The monoisotopic (exact) mass is 312 g/mol. The van der Waals surface area contributed by atoms with Crippen LogP contribution in [0.25, 0.3) is 0 Å². The summed E-state index contributed by atoms with van der Waals surface area (Å²) >= 11 is 0. The van der Waals surface area contributed by atoms with E-state index in [1.807, 2.05) is 0 Å². The van der Waals surface area contributed by atoms with Gasteiger partial charge in [-0.05, 0) is 30.5 Å². The minimum atomic E-state index is -0.263. The van der Waals surface area contributed by atoms with Crippen molar-refractivity contribution in [3.63, 3.8) is 0 Å². The molecule has 0 spiro atoms. The minimum Gasteiger partial charge on any atom is -0.354 e. The number of nitrogens with two attached hydrogens (primary N) is 1. The van der Waals surface area contributed by atoms with Gasteiger partial charge in [-0.3, -0.25) is 14.6 Å². The van der Waals surface area contributed by atoms with Gasteiger partial charge >= 0.3 is 0 Å². The zero-order valence-corrected chi connectivity index (χ0v) is 13.1. The van der Waals surface area contributed by atoms with Gasteiger partial charge in [0, 0.05) is 26.3 Å². The second-order valence-corrected chi connectivity index (χ2v) is 5.50. The molecule has 0 aliphatic carbocycles. The van der Waals surface area contributed by atoms with E-state index >= 15 is 0 Å². The Morgan fingerprint density at radius 1 is 1.48 bits per heavy atom. The van der Waals surface area contributed by atoms with Gasteiger partial charge in [-0.25, -0.2) is 0 Å². The molecule has 1 saturated heterocycles. The number of likely N-dealkylation sites (tertiary alicyclic amines) is 1. The predicted molar refractivity (Wildman–Crippen MR) is 82.6 cm³/mol. The molecule has 1 aliphatic heterocycles. The lowest BCUT2D eigenvalue weighted by molar-refractivity contribution is 0.0775. The van der Waals surface area contributed by atoms with Crippen LogP contribution >= 0.6 is 12.4 Å². The summed E-state index contributed by atoms with van der Waals surface area (Å²) in [4.78, 5) is 29.5. The van der Waals surface area contributed by atoms with E-state index < -0.39 is 0 Å². The fourth-order valence-corrected chi connectivity index (χ4v) is 2.33. The Hall–Kier alpha value is -1.66. The van der Waals surface area contributed by atoms with E-state index in [0.717, 1.165) is 6.42 Å². The highest BCUT2D eigenvalue weighted by atomic mass is 35.5. The third kappa shape index (κ3) is 3.71. The molecule has 1 aromatic heterocycles. The molecule has 116 valence electrons. The smallest absolute Gasteiger partial charge is 0.269 e. The highest BCUT2D eigenvalue weighted by molar-refractivity contribution is 5.96. The Balaban J connectivity index is 0.00000220. The van der Waals surface area contributed by atoms with Crippen molar-refractivity contribution in [3.05, 3.63) is 29.6 Å². The lowest BCUT2D eigenvalue weighted by Crippen LogP contribution is -2.34. The van der Waals surface area contributed by atoms with Gasteiger partial charge in [0.05, 0.1) is 5.56 Å². The van der Waals surface area contributed by atoms with Crippen LogP contribution in [0.3, 0.4) is 0 Å². The van der Waals surface area contributed by atoms with E-state index in [2.05, 4.69) is 17.2 Å². The second kappa shape index (κ2) is 6.87. The first-order valence-electron chi connectivity index (χ1n) is 6.66. The van der Waals surface area contributed by atoms with Gasteiger partial charge in [0.15, 0.2) is 0 Å². The number of hydrogen-bond donors (Lipinski definition) is 2. The molecular formula is C14H21ClN4O2. The summed E-state index contributed by atoms with van der Waals surface area (Å²) in [6.45, 7) is 4.04. The van der Waals surface area contributed by atoms with E-state index in [4.69, 9.17) is 5.73 Å². The fraction of sp³-hybridized carbons (Fsp3) is 0.500. The van der Waals surface area contributed by atoms with Crippen molar-refractivity contribution in [3.8, 4) is 0 Å². The van der Waals surface area contributed by atoms with E-state index in [1.54, 1.807) is 24.1 Å². The standard InChI is InChI=1S/C14H20N4O2.ClH/c1-14(8-15)5-6-18(9-14)13(20)10-3-4-11(17-7-10)12(19)16-2;/h3-4,7H,5-6,8-9,15H2,1-2H3,(H,16,19);1H. The molecule has 1 aliphatic rings. The number of nitrogens with zero attached hydrogens (tertiary/aromatic N) is 2. The van der Waals surface area contributed by atoms with Crippen molar-refractivity contribution < 1.29 is 9.59 Å². The summed E-state index contributed by atoms with van der Waals surface area (Å²) in [5.41, 5.74) is 6.55. The lowest BCUT2D eigenvalue weighted by Gasteiger charge is -2.22. The SMILES string of the molecule is CNC(=O)c1ccc(C(=O)N2CCC(C)(CN)C2)cn1.Cl. The third-order valence-corrected chi connectivity index (χ3v) is 3.81. The molecule has 1 aromatic rings. The summed E-state index contributed by atoms with van der Waals surface area (Å²) in [6.07, 6.45) is 2.37. The molecule has 2 heterocycles. The Bertz CT molecular complexity index is 520. The Morgan fingerprint density at radius 2 is 2.19 bits per heavy atom. The van der Waals surface area contributed by atoms with Gasteiger partial charge in [-0.2, -0.15) is 0 Å². The number of rotatable bonds is 3. The van der Waals surface area contributed by atoms with E-state index in [9.17, 15) is 9.59 Å². The maximum atomic E-state index is 12.3. The van der Waals surface area contributed by atoms with Crippen molar-refractivity contribution in [2.75, 3.05) is 26.7 Å². The van der Waals surface area contributed by atoms with Crippen LogP contribution in [0.4, 0.5) is 0 Å². The molecule has 0 radical (unpaired) electrons. The predicted octanol–water partition coefficient (Wildman–Crippen LogP) is 0.674. The number of hydrogen-bond acceptors (Lipinski definition) is 4. The summed E-state index contributed by atoms with van der Waals surface area (Å²) in [5, 5.41) is 2.49. The molecule has 2 rings (SSSR count). The first-order valence-corrected chi connectivity index (χ1v) is 6.66. The molecule has 0 saturated carbocycles. The van der Waals surface area contributed by atoms with Crippen molar-refractivity contribution in [2.45, 2.75) is 13.3 Å². The van der Waals surface area contributed by atoms with Crippen LogP contribution in [0.5, 0.6) is 0 Å². The van der Waals surface area contributed by atoms with Crippen molar-refractivity contribution in [1.82, 2.24) is 15.2 Å². The second-order valence-electron chi connectivity index (χ2n) is 5.50. The summed E-state index contributed by atoms with van der Waals surface area (Å²) in [7, 11) is 1.54. The van der Waals surface area contributed by atoms with Gasteiger partial charge in [-0.1, -0.05) is 6.92 Å². The van der Waals surface area contributed by atoms with Crippen LogP contribution in [-0.4, -0.2) is 48.4 Å². The van der Waals surface area contributed by atoms with E-state index in [1.165, 1.54) is 6.20 Å². The van der Waals surface area contributed by atoms with Crippen LogP contribution in [0.1, 0.15) is 34.2 Å². The van der Waals surface area contributed by atoms with E-state index in [0.29, 0.717) is 30.9 Å². The highest BCUT2D eigenvalue weighted by Gasteiger charge is 2.35. The summed E-state index contributed by atoms with van der Waals surface area (Å²) < 4.78 is 0. The Labute approximate surface area is 130 Å². The first kappa shape index (κ1) is 17.4. The topological polar surface area (TPSA) is 88.3 Å². The molecule has 3 N–H and O–H groups in total. The number of pyridine rings is 1. The molecule has 1 fully saturated rings. The van der Waals surface area contributed by atoms with Gasteiger partial charge < -0.3 is 16.0 Å². The van der Waals surface area contributed by atoms with Crippen LogP contribution < -0.4 is 11.1 Å². The Kier molecular flexibility index (Phi) is 5.69. The number of aromatic nitrogens is 1. The summed E-state index contributed by atoms with van der Waals surface area (Å²) in [5.74, 6) is -0.320. The quantitative estimate of drug-likeness (QED) is 0.859. The zero-order valence-electron chi connectivity index (χ0n) is 12.3. The van der Waals surface area contributed by atoms with Gasteiger partial charge in [-0.15, -0.1) is 12.4 Å². The maximum absolute atomic E-state index is 12.3. The van der Waals surface area contributed by atoms with Crippen LogP contribution in [0.2, 0.25) is 0 Å². The van der Waals surface area contributed by atoms with Crippen molar-refractivity contribution in [1.29, 1.82) is 0 Å². The van der Waals surface area contributed by atoms with Crippen molar-refractivity contribution in [2.24, 2.45) is 11.1 Å². The lowest BCUT2D eigenvalue weighted by atomic mass is 9.90. The first-order chi connectivity index (χ1) is 9.49. The van der Waals surface area contributed by atoms with E-state index in [-0.39, 0.29) is 29.6 Å². The zero-order chi connectivity index (χ0) is 14.8. The molecule has 1 atom stereocenters. The number of carbonyl (C=O) groups is 2. The molecule has 6 nitrogen and oxygen atoms in total. The molecule has 0 aromatic carbocycles. The number of amides is 2. The van der Waals surface area contributed by atoms with Crippen LogP contribution in [0, 0.1) is 5.41 Å². The molecular weight excluding hydrogens is 292 g/mol.